The van der Waals surface area contributed by atoms with Gasteiger partial charge in [0, 0.05) is 11.3 Å². The van der Waals surface area contributed by atoms with Crippen LogP contribution in [-0.2, 0) is 20.9 Å². The Morgan fingerprint density at radius 1 is 1.33 bits per heavy atom. The molecule has 1 heterocycles. The summed E-state index contributed by atoms with van der Waals surface area (Å²) in [5.74, 6) is -0.225. The normalized spacial score (nSPS) is 12.3. The molecule has 0 unspecified atom stereocenters. The molecule has 0 aliphatic heterocycles. The van der Waals surface area contributed by atoms with Crippen molar-refractivity contribution in [2.75, 3.05) is 7.11 Å². The maximum Gasteiger partial charge on any atom is 0.408 e. The molecule has 1 aromatic heterocycles. The summed E-state index contributed by atoms with van der Waals surface area (Å²) in [4.78, 5) is 27.6. The fraction of sp³-hybridized carbons (Fsp3) is 0.643. The van der Waals surface area contributed by atoms with Crippen LogP contribution in [-0.4, -0.2) is 30.2 Å². The van der Waals surface area contributed by atoms with Crippen molar-refractivity contribution in [2.24, 2.45) is 5.92 Å². The van der Waals surface area contributed by atoms with Crippen molar-refractivity contribution in [1.29, 1.82) is 0 Å². The fourth-order valence-electron chi connectivity index (χ4n) is 1.59. The molecule has 1 atom stereocenters. The predicted molar refractivity (Wildman–Crippen MR) is 80.2 cm³/mol. The number of nitrogens with zero attached hydrogens (tertiary/aromatic N) is 1. The summed E-state index contributed by atoms with van der Waals surface area (Å²) in [6, 6.07) is -0.718. The van der Waals surface area contributed by atoms with Gasteiger partial charge in [-0.15, -0.1) is 11.3 Å². The highest BCUT2D eigenvalue weighted by Crippen LogP contribution is 2.19. The van der Waals surface area contributed by atoms with Gasteiger partial charge in [0.2, 0.25) is 0 Å². The summed E-state index contributed by atoms with van der Waals surface area (Å²) in [6.07, 6.45) is -0.654. The van der Waals surface area contributed by atoms with Crippen molar-refractivity contribution in [3.05, 3.63) is 16.1 Å². The number of methoxy groups -OCH3 is 1. The van der Waals surface area contributed by atoms with E-state index in [1.54, 1.807) is 0 Å². The van der Waals surface area contributed by atoms with E-state index in [0.717, 1.165) is 5.01 Å². The van der Waals surface area contributed by atoms with Crippen LogP contribution in [0, 0.1) is 5.92 Å². The van der Waals surface area contributed by atoms with Gasteiger partial charge in [0.15, 0.2) is 0 Å². The Morgan fingerprint density at radius 3 is 2.48 bits per heavy atom. The van der Waals surface area contributed by atoms with Crippen molar-refractivity contribution in [3.8, 4) is 0 Å². The first kappa shape index (κ1) is 17.4. The van der Waals surface area contributed by atoms with Crippen LogP contribution in [0.4, 0.5) is 4.79 Å². The van der Waals surface area contributed by atoms with E-state index in [-0.39, 0.29) is 12.5 Å². The Morgan fingerprint density at radius 2 is 2.00 bits per heavy atom. The molecule has 0 saturated carbocycles. The van der Waals surface area contributed by atoms with Crippen LogP contribution >= 0.6 is 11.3 Å². The smallest absolute Gasteiger partial charge is 0.408 e. The zero-order valence-electron chi connectivity index (χ0n) is 13.0. The quantitative estimate of drug-likeness (QED) is 0.817. The molecule has 1 N–H and O–H groups in total. The SMILES string of the molecule is COC(=O)[C@@H](NC(=O)OCc1csc(C(C)C)n1)C(C)C. The van der Waals surface area contributed by atoms with Crippen molar-refractivity contribution in [1.82, 2.24) is 10.3 Å². The highest BCUT2D eigenvalue weighted by molar-refractivity contribution is 7.09. The van der Waals surface area contributed by atoms with Gasteiger partial charge in [-0.3, -0.25) is 0 Å². The number of hydrogen-bond donors (Lipinski definition) is 1. The summed E-state index contributed by atoms with van der Waals surface area (Å²) in [6.45, 7) is 7.83. The number of nitrogens with one attached hydrogen (secondary N) is 1. The van der Waals surface area contributed by atoms with Gasteiger partial charge in [-0.05, 0) is 5.92 Å². The maximum absolute atomic E-state index is 11.7. The largest absolute Gasteiger partial charge is 0.467 e. The average molecular weight is 314 g/mol. The van der Waals surface area contributed by atoms with Gasteiger partial charge in [0.25, 0.3) is 0 Å². The monoisotopic (exact) mass is 314 g/mol. The molecule has 0 fully saturated rings. The second-order valence-electron chi connectivity index (χ2n) is 5.30. The molecule has 1 aromatic rings. The van der Waals surface area contributed by atoms with E-state index >= 15 is 0 Å². The van der Waals surface area contributed by atoms with Gasteiger partial charge in [0.1, 0.15) is 12.6 Å². The Balaban J connectivity index is 2.50. The lowest BCUT2D eigenvalue weighted by Gasteiger charge is -2.19. The minimum absolute atomic E-state index is 0.0844. The van der Waals surface area contributed by atoms with Crippen LogP contribution in [0.15, 0.2) is 5.38 Å². The number of ether oxygens (including phenoxy) is 2. The van der Waals surface area contributed by atoms with Crippen molar-refractivity contribution in [3.63, 3.8) is 0 Å². The molecule has 21 heavy (non-hydrogen) atoms. The second kappa shape index (κ2) is 7.97. The van der Waals surface area contributed by atoms with Crippen LogP contribution < -0.4 is 5.32 Å². The van der Waals surface area contributed by atoms with Gasteiger partial charge >= 0.3 is 12.1 Å². The standard InChI is InChI=1S/C14H22N2O4S/c1-8(2)11(13(17)19-5)16-14(18)20-6-10-7-21-12(15-10)9(3)4/h7-9,11H,6H2,1-5H3,(H,16,18)/t11-/m0/s1. The molecular formula is C14H22N2O4S. The number of rotatable bonds is 6. The van der Waals surface area contributed by atoms with E-state index in [9.17, 15) is 9.59 Å². The first-order valence-electron chi connectivity index (χ1n) is 6.80. The van der Waals surface area contributed by atoms with E-state index in [4.69, 9.17) is 4.74 Å². The van der Waals surface area contributed by atoms with Gasteiger partial charge < -0.3 is 14.8 Å². The first-order chi connectivity index (χ1) is 9.85. The topological polar surface area (TPSA) is 77.5 Å². The molecule has 0 spiro atoms. The number of carbonyl (C=O) groups excluding carboxylic acids is 2. The molecule has 1 amide bonds. The lowest BCUT2D eigenvalue weighted by atomic mass is 10.1. The average Bonchev–Trinajstić information content (AvgIpc) is 2.90. The highest BCUT2D eigenvalue weighted by atomic mass is 32.1. The molecule has 0 bridgehead atoms. The van der Waals surface area contributed by atoms with E-state index in [1.165, 1.54) is 18.4 Å². The Kier molecular flexibility index (Phi) is 6.61. The number of aromatic nitrogens is 1. The minimum Gasteiger partial charge on any atom is -0.467 e. The number of amides is 1. The third-order valence-corrected chi connectivity index (χ3v) is 4.00. The molecule has 118 valence electrons. The van der Waals surface area contributed by atoms with E-state index in [2.05, 4.69) is 28.9 Å². The van der Waals surface area contributed by atoms with Gasteiger partial charge in [-0.1, -0.05) is 27.7 Å². The van der Waals surface area contributed by atoms with Gasteiger partial charge in [0.05, 0.1) is 17.8 Å². The Labute approximate surface area is 128 Å². The van der Waals surface area contributed by atoms with Crippen molar-refractivity contribution in [2.45, 2.75) is 46.3 Å². The zero-order chi connectivity index (χ0) is 16.0. The molecule has 0 aliphatic rings. The second-order valence-corrected chi connectivity index (χ2v) is 6.19. The summed E-state index contributed by atoms with van der Waals surface area (Å²) < 4.78 is 9.73. The van der Waals surface area contributed by atoms with Gasteiger partial charge in [-0.2, -0.15) is 0 Å². The maximum atomic E-state index is 11.7. The number of esters is 1. The van der Waals surface area contributed by atoms with Crippen LogP contribution in [0.2, 0.25) is 0 Å². The summed E-state index contributed by atoms with van der Waals surface area (Å²) >= 11 is 1.54. The predicted octanol–water partition coefficient (Wildman–Crippen LogP) is 2.69. The molecule has 0 aliphatic carbocycles. The Hall–Kier alpha value is -1.63. The summed E-state index contributed by atoms with van der Waals surface area (Å²) in [5.41, 5.74) is 0.706. The van der Waals surface area contributed by atoms with Gasteiger partial charge in [-0.25, -0.2) is 14.6 Å². The number of carbonyl (C=O) groups is 2. The van der Waals surface area contributed by atoms with Crippen LogP contribution in [0.1, 0.15) is 44.3 Å². The molecule has 7 heteroatoms. The number of alkyl carbamates (subject to hydrolysis) is 1. The third kappa shape index (κ3) is 5.34. The Bertz CT molecular complexity index is 485. The number of thiazole rings is 1. The van der Waals surface area contributed by atoms with E-state index in [0.29, 0.717) is 11.6 Å². The van der Waals surface area contributed by atoms with Crippen LogP contribution in [0.3, 0.4) is 0 Å². The van der Waals surface area contributed by atoms with E-state index < -0.39 is 18.1 Å². The summed E-state index contributed by atoms with van der Waals surface area (Å²) in [7, 11) is 1.29. The molecule has 0 saturated heterocycles. The molecule has 0 aromatic carbocycles. The lowest BCUT2D eigenvalue weighted by molar-refractivity contribution is -0.144. The lowest BCUT2D eigenvalue weighted by Crippen LogP contribution is -2.45. The number of hydrogen-bond acceptors (Lipinski definition) is 6. The minimum atomic E-state index is -0.718. The highest BCUT2D eigenvalue weighted by Gasteiger charge is 2.25. The van der Waals surface area contributed by atoms with Crippen molar-refractivity contribution >= 4 is 23.4 Å². The fourth-order valence-corrected chi connectivity index (χ4v) is 2.41. The zero-order valence-corrected chi connectivity index (χ0v) is 13.8. The van der Waals surface area contributed by atoms with Crippen molar-refractivity contribution < 1.29 is 19.1 Å². The summed E-state index contributed by atoms with van der Waals surface area (Å²) in [5, 5.41) is 5.37. The van der Waals surface area contributed by atoms with Crippen LogP contribution in [0.5, 0.6) is 0 Å². The first-order valence-corrected chi connectivity index (χ1v) is 7.68. The van der Waals surface area contributed by atoms with Crippen LogP contribution in [0.25, 0.3) is 0 Å². The third-order valence-electron chi connectivity index (χ3n) is 2.81. The molecule has 1 rings (SSSR count). The molecular weight excluding hydrogens is 292 g/mol. The van der Waals surface area contributed by atoms with E-state index in [1.807, 2.05) is 19.2 Å². The molecule has 0 radical (unpaired) electrons. The molecule has 6 nitrogen and oxygen atoms in total.